The molecule has 157 valence electrons. The number of nitrogens with one attached hydrogen (secondary N) is 3. The fraction of sp³-hybridized carbons (Fsp3) is 0.474. The number of hydrogen-bond acceptors (Lipinski definition) is 7. The van der Waals surface area contributed by atoms with E-state index in [0.717, 1.165) is 6.26 Å². The van der Waals surface area contributed by atoms with Gasteiger partial charge in [-0.2, -0.15) is 0 Å². The molecule has 0 unspecified atom stereocenters. The predicted molar refractivity (Wildman–Crippen MR) is 101 cm³/mol. The van der Waals surface area contributed by atoms with E-state index in [1.54, 1.807) is 12.2 Å². The number of ether oxygens (including phenoxy) is 1. The number of nitrogens with zero attached hydrogens (tertiary/aromatic N) is 1. The third-order valence-electron chi connectivity index (χ3n) is 4.09. The van der Waals surface area contributed by atoms with Crippen molar-refractivity contribution in [3.8, 4) is 0 Å². The Labute approximate surface area is 168 Å². The lowest BCUT2D eigenvalue weighted by Gasteiger charge is -2.26. The van der Waals surface area contributed by atoms with Gasteiger partial charge in [-0.3, -0.25) is 14.4 Å². The summed E-state index contributed by atoms with van der Waals surface area (Å²) >= 11 is 0. The topological polar surface area (TPSA) is 140 Å². The van der Waals surface area contributed by atoms with Crippen LogP contribution in [0.3, 0.4) is 0 Å². The van der Waals surface area contributed by atoms with Crippen LogP contribution in [0.25, 0.3) is 0 Å². The molecule has 0 spiro atoms. The minimum atomic E-state index is -1.33. The van der Waals surface area contributed by atoms with Crippen LogP contribution in [0.4, 0.5) is 0 Å². The summed E-state index contributed by atoms with van der Waals surface area (Å²) < 4.78 is 10.5. The van der Waals surface area contributed by atoms with Gasteiger partial charge in [0, 0.05) is 0 Å². The quantitative estimate of drug-likeness (QED) is 0.478. The third-order valence-corrected chi connectivity index (χ3v) is 4.09. The molecule has 0 saturated heterocycles. The van der Waals surface area contributed by atoms with Gasteiger partial charge in [-0.05, 0) is 40.2 Å². The lowest BCUT2D eigenvalue weighted by atomic mass is 10.0. The first-order valence-electron chi connectivity index (χ1n) is 9.13. The molecule has 2 bridgehead atoms. The van der Waals surface area contributed by atoms with Gasteiger partial charge < -0.3 is 25.1 Å². The van der Waals surface area contributed by atoms with Gasteiger partial charge in [0.05, 0.1) is 13.0 Å². The zero-order chi connectivity index (χ0) is 21.6. The number of esters is 1. The summed E-state index contributed by atoms with van der Waals surface area (Å²) in [5.41, 5.74) is -1.37. The van der Waals surface area contributed by atoms with Crippen molar-refractivity contribution in [2.24, 2.45) is 0 Å². The number of amides is 3. The molecule has 2 rings (SSSR count). The minimum Gasteiger partial charge on any atom is -0.456 e. The first-order valence-corrected chi connectivity index (χ1v) is 9.13. The van der Waals surface area contributed by atoms with Crippen molar-refractivity contribution in [3.63, 3.8) is 0 Å². The molecule has 10 nitrogen and oxygen atoms in total. The van der Waals surface area contributed by atoms with Crippen LogP contribution in [-0.2, 0) is 25.7 Å². The third kappa shape index (κ3) is 6.16. The normalized spacial score (nSPS) is 23.9. The molecule has 0 aliphatic carbocycles. The Hall–Kier alpha value is -3.17. The van der Waals surface area contributed by atoms with E-state index in [2.05, 4.69) is 27.9 Å². The van der Waals surface area contributed by atoms with E-state index in [4.69, 9.17) is 9.15 Å². The second-order valence-corrected chi connectivity index (χ2v) is 7.07. The van der Waals surface area contributed by atoms with E-state index in [9.17, 15) is 19.2 Å². The molecule has 0 saturated carbocycles. The molecule has 2 atom stereocenters. The number of allylic oxidation sites excluding steroid dienone is 1. The van der Waals surface area contributed by atoms with Crippen molar-refractivity contribution in [2.45, 2.75) is 57.8 Å². The van der Waals surface area contributed by atoms with E-state index < -0.39 is 41.4 Å². The van der Waals surface area contributed by atoms with Gasteiger partial charge in [-0.25, -0.2) is 9.78 Å². The van der Waals surface area contributed by atoms with Crippen molar-refractivity contribution in [1.29, 1.82) is 0 Å². The summed E-state index contributed by atoms with van der Waals surface area (Å²) in [6.07, 6.45) is 3.86. The van der Waals surface area contributed by atoms with E-state index >= 15 is 0 Å². The fourth-order valence-electron chi connectivity index (χ4n) is 2.41. The van der Waals surface area contributed by atoms with Gasteiger partial charge in [0.1, 0.15) is 23.9 Å². The maximum atomic E-state index is 12.5. The average Bonchev–Trinajstić information content (AvgIpc) is 3.12. The van der Waals surface area contributed by atoms with Crippen LogP contribution in [0.15, 0.2) is 22.8 Å². The van der Waals surface area contributed by atoms with E-state index in [1.807, 2.05) is 0 Å². The Morgan fingerprint density at radius 2 is 2.03 bits per heavy atom. The zero-order valence-corrected chi connectivity index (χ0v) is 16.6. The highest BCUT2D eigenvalue weighted by molar-refractivity contribution is 5.98. The van der Waals surface area contributed by atoms with Gasteiger partial charge >= 0.3 is 5.97 Å². The molecule has 29 heavy (non-hydrogen) atoms. The van der Waals surface area contributed by atoms with Crippen LogP contribution in [0.5, 0.6) is 0 Å². The summed E-state index contributed by atoms with van der Waals surface area (Å²) in [6, 6.07) is -0.996. The predicted octanol–water partition coefficient (Wildman–Crippen LogP) is 0.400. The highest BCUT2D eigenvalue weighted by Crippen LogP contribution is 2.10. The first kappa shape index (κ1) is 22.1. The Morgan fingerprint density at radius 1 is 1.31 bits per heavy atom. The van der Waals surface area contributed by atoms with Crippen LogP contribution >= 0.6 is 0 Å². The maximum Gasteiger partial charge on any atom is 0.328 e. The number of carbonyl (C=O) groups is 4. The number of hydrogen-bond donors (Lipinski definition) is 3. The van der Waals surface area contributed by atoms with Gasteiger partial charge in [0.2, 0.25) is 17.7 Å². The summed E-state index contributed by atoms with van der Waals surface area (Å²) in [4.78, 5) is 53.4. The highest BCUT2D eigenvalue weighted by atomic mass is 16.5. The minimum absolute atomic E-state index is 0.0362. The molecule has 1 aliphatic rings. The monoisotopic (exact) mass is 405 g/mol. The Bertz CT molecular complexity index is 813. The van der Waals surface area contributed by atoms with Crippen molar-refractivity contribution >= 4 is 23.7 Å². The smallest absolute Gasteiger partial charge is 0.328 e. The average molecular weight is 405 g/mol. The van der Waals surface area contributed by atoms with Crippen molar-refractivity contribution in [2.75, 3.05) is 0 Å². The molecule has 3 amide bonds. The highest BCUT2D eigenvalue weighted by Gasteiger charge is 2.33. The largest absolute Gasteiger partial charge is 0.456 e. The lowest BCUT2D eigenvalue weighted by Crippen LogP contribution is -2.57. The zero-order valence-electron chi connectivity index (χ0n) is 16.6. The van der Waals surface area contributed by atoms with Gasteiger partial charge in [0.25, 0.3) is 5.91 Å². The molecular weight excluding hydrogens is 380 g/mol. The number of aromatic nitrogens is 1. The Kier molecular flexibility index (Phi) is 7.13. The number of oxazole rings is 1. The molecular formula is C19H25N4O6. The molecule has 1 aliphatic heterocycles. The second kappa shape index (κ2) is 9.35. The van der Waals surface area contributed by atoms with Crippen LogP contribution in [0, 0.1) is 6.92 Å². The van der Waals surface area contributed by atoms with Crippen LogP contribution in [0.2, 0.25) is 0 Å². The lowest BCUT2D eigenvalue weighted by molar-refractivity contribution is -0.151. The van der Waals surface area contributed by atoms with E-state index in [-0.39, 0.29) is 24.6 Å². The summed E-state index contributed by atoms with van der Waals surface area (Å²) in [7, 11) is 0. The summed E-state index contributed by atoms with van der Waals surface area (Å²) in [5.74, 6) is -2.23. The molecule has 10 heteroatoms. The van der Waals surface area contributed by atoms with Crippen LogP contribution in [0.1, 0.15) is 50.0 Å². The molecule has 0 fully saturated rings. The van der Waals surface area contributed by atoms with Gasteiger partial charge in [-0.15, -0.1) is 0 Å². The Morgan fingerprint density at radius 3 is 2.72 bits per heavy atom. The number of cyclic esters (lactones) is 1. The molecule has 1 aromatic rings. The number of rotatable bonds is 2. The standard InChI is InChI=1S/C19H25N4O6/c1-5-6-7-12-8-14(24)20-9-15-22-13(10-28-15)16(25)23-19(3,4)18(27)21-11(2)17(26)29-12/h6-7,10-12H,1,5,8-9H2,2-4H3,(H,20,24)(H,21,27)(H,23,25)/b7-6+/t11-,12+/m0/s1. The fourth-order valence-corrected chi connectivity index (χ4v) is 2.41. The van der Waals surface area contributed by atoms with Crippen LogP contribution in [-0.4, -0.2) is 46.4 Å². The summed E-state index contributed by atoms with van der Waals surface area (Å²) in [6.45, 7) is 8.05. The Balaban J connectivity index is 2.29. The van der Waals surface area contributed by atoms with Crippen molar-refractivity contribution < 1.29 is 28.3 Å². The first-order chi connectivity index (χ1) is 13.6. The summed E-state index contributed by atoms with van der Waals surface area (Å²) in [5, 5.41) is 7.63. The molecule has 1 radical (unpaired) electrons. The SMILES string of the molecule is [CH2]C/C=C/[C@@H]1CC(=O)NCc2nc(co2)C(=O)NC(C)(C)C(=O)N[C@@H](C)C(=O)O1. The van der Waals surface area contributed by atoms with Crippen LogP contribution < -0.4 is 16.0 Å². The number of fused-ring (bicyclic) bond motifs is 2. The second-order valence-electron chi connectivity index (χ2n) is 7.07. The number of carbonyl (C=O) groups excluding carboxylic acids is 4. The van der Waals surface area contributed by atoms with E-state index in [0.29, 0.717) is 6.42 Å². The van der Waals surface area contributed by atoms with Crippen molar-refractivity contribution in [1.82, 2.24) is 20.9 Å². The molecule has 0 aromatic carbocycles. The molecule has 1 aromatic heterocycles. The van der Waals surface area contributed by atoms with E-state index in [1.165, 1.54) is 20.8 Å². The van der Waals surface area contributed by atoms with Gasteiger partial charge in [0.15, 0.2) is 5.69 Å². The molecule has 3 N–H and O–H groups in total. The maximum absolute atomic E-state index is 12.5. The van der Waals surface area contributed by atoms with Crippen molar-refractivity contribution in [3.05, 3.63) is 36.9 Å². The van der Waals surface area contributed by atoms with Gasteiger partial charge in [-0.1, -0.05) is 6.08 Å². The molecule has 2 heterocycles.